The van der Waals surface area contributed by atoms with Crippen molar-refractivity contribution in [2.75, 3.05) is 14.2 Å². The highest BCUT2D eigenvalue weighted by molar-refractivity contribution is 5.96. The maximum atomic E-state index is 10.4. The van der Waals surface area contributed by atoms with Crippen LogP contribution < -0.4 is 9.47 Å². The van der Waals surface area contributed by atoms with Crippen LogP contribution in [-0.4, -0.2) is 29.5 Å². The molecule has 0 unspecified atom stereocenters. The maximum absolute atomic E-state index is 10.4. The van der Waals surface area contributed by atoms with Crippen molar-refractivity contribution in [1.82, 2.24) is 0 Å². The van der Waals surface area contributed by atoms with E-state index in [-0.39, 0.29) is 28.2 Å². The molecule has 0 spiro atoms. The van der Waals surface area contributed by atoms with Crippen molar-refractivity contribution >= 4 is 16.5 Å². The minimum absolute atomic E-state index is 0.0101. The SMILES string of the molecule is C=C(c1ccc(OC)c(OC)c1)c1oc2c(O)c(O)ccc2c1O. The third-order valence-corrected chi connectivity index (χ3v) is 3.79. The topological polar surface area (TPSA) is 92.3 Å². The predicted octanol–water partition coefficient (Wildman–Crippen LogP) is 3.63. The lowest BCUT2D eigenvalue weighted by molar-refractivity contribution is 0.355. The standard InChI is InChI=1S/C18H16O6/c1-9(10-4-7-13(22-2)14(8-10)23-3)17-15(20)11-5-6-12(19)16(21)18(11)24-17/h4-8,19-21H,1H2,2-3H3. The molecule has 3 aromatic rings. The molecule has 0 radical (unpaired) electrons. The Balaban J connectivity index is 2.12. The van der Waals surface area contributed by atoms with Gasteiger partial charge in [-0.3, -0.25) is 0 Å². The number of aromatic hydroxyl groups is 3. The van der Waals surface area contributed by atoms with Gasteiger partial charge in [0.1, 0.15) is 0 Å². The summed E-state index contributed by atoms with van der Waals surface area (Å²) < 4.78 is 16.0. The molecule has 0 aliphatic heterocycles. The number of furan rings is 1. The normalized spacial score (nSPS) is 10.8. The van der Waals surface area contributed by atoms with Crippen molar-refractivity contribution in [3.8, 4) is 28.7 Å². The van der Waals surface area contributed by atoms with E-state index in [0.717, 1.165) is 0 Å². The smallest absolute Gasteiger partial charge is 0.201 e. The summed E-state index contributed by atoms with van der Waals surface area (Å²) in [6, 6.07) is 7.88. The monoisotopic (exact) mass is 328 g/mol. The Morgan fingerprint density at radius 3 is 2.33 bits per heavy atom. The highest BCUT2D eigenvalue weighted by Gasteiger charge is 2.21. The summed E-state index contributed by atoms with van der Waals surface area (Å²) in [6.45, 7) is 3.94. The summed E-state index contributed by atoms with van der Waals surface area (Å²) in [5, 5.41) is 30.1. The van der Waals surface area contributed by atoms with Crippen molar-refractivity contribution in [3.63, 3.8) is 0 Å². The lowest BCUT2D eigenvalue weighted by atomic mass is 10.0. The van der Waals surface area contributed by atoms with Crippen LogP contribution >= 0.6 is 0 Å². The Kier molecular flexibility index (Phi) is 3.73. The number of hydrogen-bond acceptors (Lipinski definition) is 6. The molecule has 124 valence electrons. The van der Waals surface area contributed by atoms with Gasteiger partial charge in [0.25, 0.3) is 0 Å². The van der Waals surface area contributed by atoms with Crippen molar-refractivity contribution in [3.05, 3.63) is 48.2 Å². The Morgan fingerprint density at radius 2 is 1.67 bits per heavy atom. The first kappa shape index (κ1) is 15.6. The van der Waals surface area contributed by atoms with Crippen LogP contribution in [0.5, 0.6) is 28.7 Å². The van der Waals surface area contributed by atoms with E-state index in [9.17, 15) is 15.3 Å². The minimum atomic E-state index is -0.436. The Labute approximate surface area is 137 Å². The number of phenolic OH excluding ortho intramolecular Hbond substituents is 2. The summed E-state index contributed by atoms with van der Waals surface area (Å²) in [5.41, 5.74) is 1.03. The van der Waals surface area contributed by atoms with Crippen LogP contribution in [0.3, 0.4) is 0 Å². The third kappa shape index (κ3) is 2.28. The Morgan fingerprint density at radius 1 is 0.958 bits per heavy atom. The van der Waals surface area contributed by atoms with Crippen LogP contribution in [-0.2, 0) is 0 Å². The van der Waals surface area contributed by atoms with Crippen molar-refractivity contribution in [2.45, 2.75) is 0 Å². The fraction of sp³-hybridized carbons (Fsp3) is 0.111. The zero-order valence-electron chi connectivity index (χ0n) is 13.2. The summed E-state index contributed by atoms with van der Waals surface area (Å²) in [6.07, 6.45) is 0. The van der Waals surface area contributed by atoms with E-state index in [1.807, 2.05) is 0 Å². The zero-order chi connectivity index (χ0) is 17.4. The molecule has 24 heavy (non-hydrogen) atoms. The van der Waals surface area contributed by atoms with Crippen molar-refractivity contribution in [1.29, 1.82) is 0 Å². The number of methoxy groups -OCH3 is 2. The summed E-state index contributed by atoms with van der Waals surface area (Å²) in [7, 11) is 3.05. The van der Waals surface area contributed by atoms with Crippen molar-refractivity contribution < 1.29 is 29.2 Å². The molecule has 0 saturated carbocycles. The van der Waals surface area contributed by atoms with E-state index in [1.165, 1.54) is 26.4 Å². The number of ether oxygens (including phenoxy) is 2. The molecule has 1 heterocycles. The fourth-order valence-electron chi connectivity index (χ4n) is 2.48. The van der Waals surface area contributed by atoms with Gasteiger partial charge in [0.2, 0.25) is 5.75 Å². The van der Waals surface area contributed by atoms with Gasteiger partial charge < -0.3 is 29.2 Å². The lowest BCUT2D eigenvalue weighted by Crippen LogP contribution is -1.92. The highest BCUT2D eigenvalue weighted by Crippen LogP contribution is 2.44. The molecule has 6 heteroatoms. The number of hydrogen-bond donors (Lipinski definition) is 3. The molecule has 0 fully saturated rings. The third-order valence-electron chi connectivity index (χ3n) is 3.79. The van der Waals surface area contributed by atoms with Crippen LogP contribution in [0.15, 0.2) is 41.3 Å². The van der Waals surface area contributed by atoms with Gasteiger partial charge in [-0.1, -0.05) is 12.6 Å². The van der Waals surface area contributed by atoms with E-state index in [4.69, 9.17) is 13.9 Å². The molecule has 3 rings (SSSR count). The molecule has 3 N–H and O–H groups in total. The lowest BCUT2D eigenvalue weighted by Gasteiger charge is -2.10. The minimum Gasteiger partial charge on any atom is -0.504 e. The van der Waals surface area contributed by atoms with E-state index in [1.54, 1.807) is 18.2 Å². The molecular formula is C18H16O6. The molecule has 0 saturated heterocycles. The van der Waals surface area contributed by atoms with Gasteiger partial charge in [-0.25, -0.2) is 0 Å². The van der Waals surface area contributed by atoms with E-state index in [0.29, 0.717) is 22.6 Å². The number of benzene rings is 2. The average Bonchev–Trinajstić information content (AvgIpc) is 2.94. The van der Waals surface area contributed by atoms with Crippen LogP contribution in [0, 0.1) is 0 Å². The van der Waals surface area contributed by atoms with Crippen LogP contribution in [0.25, 0.3) is 16.5 Å². The number of fused-ring (bicyclic) bond motifs is 1. The van der Waals surface area contributed by atoms with Crippen LogP contribution in [0.1, 0.15) is 11.3 Å². The largest absolute Gasteiger partial charge is 0.504 e. The van der Waals surface area contributed by atoms with E-state index in [2.05, 4.69) is 6.58 Å². The van der Waals surface area contributed by atoms with Crippen molar-refractivity contribution in [2.24, 2.45) is 0 Å². The zero-order valence-corrected chi connectivity index (χ0v) is 13.2. The summed E-state index contributed by atoms with van der Waals surface area (Å²) >= 11 is 0. The van der Waals surface area contributed by atoms with Gasteiger partial charge in [0.15, 0.2) is 34.3 Å². The summed E-state index contributed by atoms with van der Waals surface area (Å²) in [5.74, 6) is 0.226. The molecule has 0 amide bonds. The molecule has 0 aliphatic carbocycles. The molecule has 0 bridgehead atoms. The first-order valence-corrected chi connectivity index (χ1v) is 7.06. The molecule has 2 aromatic carbocycles. The van der Waals surface area contributed by atoms with Crippen LogP contribution in [0.2, 0.25) is 0 Å². The summed E-state index contributed by atoms with van der Waals surface area (Å²) in [4.78, 5) is 0. The highest BCUT2D eigenvalue weighted by atomic mass is 16.5. The predicted molar refractivity (Wildman–Crippen MR) is 88.9 cm³/mol. The Hall–Kier alpha value is -3.28. The van der Waals surface area contributed by atoms with Gasteiger partial charge in [0, 0.05) is 5.57 Å². The number of phenols is 2. The van der Waals surface area contributed by atoms with Gasteiger partial charge >= 0.3 is 0 Å². The van der Waals surface area contributed by atoms with Gasteiger partial charge in [-0.15, -0.1) is 0 Å². The second-order valence-corrected chi connectivity index (χ2v) is 5.14. The number of rotatable bonds is 4. The van der Waals surface area contributed by atoms with E-state index >= 15 is 0 Å². The molecular weight excluding hydrogens is 312 g/mol. The first-order chi connectivity index (χ1) is 11.5. The van der Waals surface area contributed by atoms with E-state index < -0.39 is 5.75 Å². The quantitative estimate of drug-likeness (QED) is 0.633. The second kappa shape index (κ2) is 5.73. The van der Waals surface area contributed by atoms with Gasteiger partial charge in [-0.05, 0) is 29.8 Å². The molecule has 0 aliphatic rings. The molecule has 0 atom stereocenters. The molecule has 6 nitrogen and oxygen atoms in total. The second-order valence-electron chi connectivity index (χ2n) is 5.14. The van der Waals surface area contributed by atoms with Crippen LogP contribution in [0.4, 0.5) is 0 Å². The first-order valence-electron chi connectivity index (χ1n) is 7.06. The van der Waals surface area contributed by atoms with Gasteiger partial charge in [0.05, 0.1) is 19.6 Å². The Bertz CT molecular complexity index is 938. The van der Waals surface area contributed by atoms with Gasteiger partial charge in [-0.2, -0.15) is 0 Å². The average molecular weight is 328 g/mol. The molecule has 1 aromatic heterocycles. The fourth-order valence-corrected chi connectivity index (χ4v) is 2.48. The maximum Gasteiger partial charge on any atom is 0.201 e.